The van der Waals surface area contributed by atoms with Crippen LogP contribution in [-0.4, -0.2) is 40.2 Å². The summed E-state index contributed by atoms with van der Waals surface area (Å²) in [5.74, 6) is 1.72. The molecule has 4 rings (SSSR count). The molecule has 0 amide bonds. The van der Waals surface area contributed by atoms with Gasteiger partial charge in [0.25, 0.3) is 0 Å². The van der Waals surface area contributed by atoms with Crippen LogP contribution in [0.25, 0.3) is 22.3 Å². The number of anilines is 1. The van der Waals surface area contributed by atoms with Crippen LogP contribution in [0.4, 0.5) is 5.82 Å². The van der Waals surface area contributed by atoms with Crippen LogP contribution in [0, 0.1) is 0 Å². The SMILES string of the molecule is C[C@H]1CN(c2nc(-c3ccncc3)nc3ccccc23)C[C@H](C)O1. The number of fused-ring (bicyclic) bond motifs is 1. The van der Waals surface area contributed by atoms with Gasteiger partial charge in [-0.15, -0.1) is 0 Å². The first-order chi connectivity index (χ1) is 11.7. The summed E-state index contributed by atoms with van der Waals surface area (Å²) in [5, 5.41) is 1.08. The van der Waals surface area contributed by atoms with E-state index in [0.29, 0.717) is 0 Å². The van der Waals surface area contributed by atoms with E-state index in [1.165, 1.54) is 0 Å². The Balaban J connectivity index is 1.87. The number of nitrogens with zero attached hydrogens (tertiary/aromatic N) is 4. The molecule has 0 saturated carbocycles. The van der Waals surface area contributed by atoms with Crippen LogP contribution in [0.1, 0.15) is 13.8 Å². The molecule has 0 spiro atoms. The van der Waals surface area contributed by atoms with Gasteiger partial charge in [-0.3, -0.25) is 4.98 Å². The second-order valence-corrected chi connectivity index (χ2v) is 6.29. The molecule has 1 aromatic carbocycles. The summed E-state index contributed by atoms with van der Waals surface area (Å²) < 4.78 is 5.87. The van der Waals surface area contributed by atoms with E-state index in [0.717, 1.165) is 41.2 Å². The summed E-state index contributed by atoms with van der Waals surface area (Å²) in [7, 11) is 0. The summed E-state index contributed by atoms with van der Waals surface area (Å²) >= 11 is 0. The van der Waals surface area contributed by atoms with E-state index in [1.807, 2.05) is 30.3 Å². The van der Waals surface area contributed by atoms with E-state index in [9.17, 15) is 0 Å². The Morgan fingerprint density at radius 2 is 1.67 bits per heavy atom. The van der Waals surface area contributed by atoms with Crippen molar-refractivity contribution in [3.63, 3.8) is 0 Å². The van der Waals surface area contributed by atoms with Crippen LogP contribution in [0.2, 0.25) is 0 Å². The average Bonchev–Trinajstić information content (AvgIpc) is 2.60. The first-order valence-electron chi connectivity index (χ1n) is 8.28. The average molecular weight is 320 g/mol. The minimum Gasteiger partial charge on any atom is -0.372 e. The fourth-order valence-corrected chi connectivity index (χ4v) is 3.28. The Labute approximate surface area is 141 Å². The van der Waals surface area contributed by atoms with Crippen molar-refractivity contribution in [1.29, 1.82) is 0 Å². The Morgan fingerprint density at radius 3 is 2.42 bits per heavy atom. The number of aromatic nitrogens is 3. The lowest BCUT2D eigenvalue weighted by Gasteiger charge is -2.36. The molecule has 3 heterocycles. The molecule has 0 N–H and O–H groups in total. The van der Waals surface area contributed by atoms with E-state index in [1.54, 1.807) is 12.4 Å². The molecule has 0 radical (unpaired) electrons. The van der Waals surface area contributed by atoms with Gasteiger partial charge in [-0.2, -0.15) is 0 Å². The van der Waals surface area contributed by atoms with Gasteiger partial charge < -0.3 is 9.64 Å². The molecule has 5 nitrogen and oxygen atoms in total. The highest BCUT2D eigenvalue weighted by Gasteiger charge is 2.25. The molecule has 0 unspecified atom stereocenters. The quantitative estimate of drug-likeness (QED) is 0.725. The fraction of sp³-hybridized carbons (Fsp3) is 0.316. The van der Waals surface area contributed by atoms with E-state index < -0.39 is 0 Å². The minimum absolute atomic E-state index is 0.187. The highest BCUT2D eigenvalue weighted by atomic mass is 16.5. The van der Waals surface area contributed by atoms with E-state index in [4.69, 9.17) is 14.7 Å². The van der Waals surface area contributed by atoms with Gasteiger partial charge in [0.15, 0.2) is 5.82 Å². The second-order valence-electron chi connectivity index (χ2n) is 6.29. The standard InChI is InChI=1S/C19H20N4O/c1-13-11-23(12-14(2)24-13)19-16-5-3-4-6-17(16)21-18(22-19)15-7-9-20-10-8-15/h3-10,13-14H,11-12H2,1-2H3/t13-,14-/m0/s1. The van der Waals surface area contributed by atoms with Crippen molar-refractivity contribution in [2.45, 2.75) is 26.1 Å². The fourth-order valence-electron chi connectivity index (χ4n) is 3.28. The molecule has 1 aliphatic heterocycles. The molecular weight excluding hydrogens is 300 g/mol. The number of ether oxygens (including phenoxy) is 1. The molecule has 2 aromatic heterocycles. The third-order valence-corrected chi connectivity index (χ3v) is 4.24. The predicted octanol–water partition coefficient (Wildman–Crippen LogP) is 3.31. The lowest BCUT2D eigenvalue weighted by atomic mass is 10.1. The molecule has 5 heteroatoms. The van der Waals surface area contributed by atoms with Crippen LogP contribution < -0.4 is 4.90 Å². The van der Waals surface area contributed by atoms with Crippen LogP contribution in [-0.2, 0) is 4.74 Å². The number of morpholine rings is 1. The zero-order valence-electron chi connectivity index (χ0n) is 13.9. The van der Waals surface area contributed by atoms with E-state index >= 15 is 0 Å². The molecule has 0 bridgehead atoms. The summed E-state index contributed by atoms with van der Waals surface area (Å²) in [4.78, 5) is 16.0. The maximum atomic E-state index is 5.87. The Kier molecular flexibility index (Phi) is 3.86. The first kappa shape index (κ1) is 15.0. The lowest BCUT2D eigenvalue weighted by molar-refractivity contribution is -0.00536. The molecule has 2 atom stereocenters. The Morgan fingerprint density at radius 1 is 0.958 bits per heavy atom. The van der Waals surface area contributed by atoms with E-state index in [2.05, 4.69) is 29.8 Å². The smallest absolute Gasteiger partial charge is 0.162 e. The van der Waals surface area contributed by atoms with Crippen molar-refractivity contribution >= 4 is 16.7 Å². The molecular formula is C19H20N4O. The number of para-hydroxylation sites is 1. The van der Waals surface area contributed by atoms with Crippen LogP contribution in [0.5, 0.6) is 0 Å². The number of hydrogen-bond acceptors (Lipinski definition) is 5. The zero-order valence-corrected chi connectivity index (χ0v) is 13.9. The van der Waals surface area contributed by atoms with Crippen molar-refractivity contribution < 1.29 is 4.74 Å². The Bertz CT molecular complexity index is 842. The predicted molar refractivity (Wildman–Crippen MR) is 95.0 cm³/mol. The zero-order chi connectivity index (χ0) is 16.5. The van der Waals surface area contributed by atoms with Crippen molar-refractivity contribution in [2.24, 2.45) is 0 Å². The highest BCUT2D eigenvalue weighted by Crippen LogP contribution is 2.29. The maximum absolute atomic E-state index is 5.87. The van der Waals surface area contributed by atoms with Crippen LogP contribution in [0.15, 0.2) is 48.8 Å². The van der Waals surface area contributed by atoms with Gasteiger partial charge in [-0.1, -0.05) is 12.1 Å². The normalized spacial score (nSPS) is 21.2. The maximum Gasteiger partial charge on any atom is 0.162 e. The van der Waals surface area contributed by atoms with Crippen LogP contribution in [0.3, 0.4) is 0 Å². The van der Waals surface area contributed by atoms with Gasteiger partial charge in [0.05, 0.1) is 17.7 Å². The van der Waals surface area contributed by atoms with Gasteiger partial charge in [0, 0.05) is 36.4 Å². The lowest BCUT2D eigenvalue weighted by Crippen LogP contribution is -2.46. The van der Waals surface area contributed by atoms with Gasteiger partial charge in [0.2, 0.25) is 0 Å². The molecule has 0 aliphatic carbocycles. The molecule has 24 heavy (non-hydrogen) atoms. The third-order valence-electron chi connectivity index (χ3n) is 4.24. The Hall–Kier alpha value is -2.53. The molecule has 1 saturated heterocycles. The second kappa shape index (κ2) is 6.17. The van der Waals surface area contributed by atoms with Gasteiger partial charge >= 0.3 is 0 Å². The number of pyridine rings is 1. The van der Waals surface area contributed by atoms with Gasteiger partial charge in [-0.25, -0.2) is 9.97 Å². The number of benzene rings is 1. The summed E-state index contributed by atoms with van der Waals surface area (Å²) in [6, 6.07) is 12.1. The molecule has 122 valence electrons. The minimum atomic E-state index is 0.187. The van der Waals surface area contributed by atoms with Crippen molar-refractivity contribution in [3.05, 3.63) is 48.8 Å². The third kappa shape index (κ3) is 2.83. The first-order valence-corrected chi connectivity index (χ1v) is 8.28. The largest absolute Gasteiger partial charge is 0.372 e. The summed E-state index contributed by atoms with van der Waals surface area (Å²) in [6.45, 7) is 5.88. The van der Waals surface area contributed by atoms with E-state index in [-0.39, 0.29) is 12.2 Å². The number of rotatable bonds is 2. The number of hydrogen-bond donors (Lipinski definition) is 0. The van der Waals surface area contributed by atoms with Gasteiger partial charge in [0.1, 0.15) is 5.82 Å². The summed E-state index contributed by atoms with van der Waals surface area (Å²) in [5.41, 5.74) is 1.94. The molecule has 1 fully saturated rings. The van der Waals surface area contributed by atoms with Crippen molar-refractivity contribution in [2.75, 3.05) is 18.0 Å². The molecule has 1 aliphatic rings. The highest BCUT2D eigenvalue weighted by molar-refractivity contribution is 5.91. The van der Waals surface area contributed by atoms with Crippen molar-refractivity contribution in [3.8, 4) is 11.4 Å². The monoisotopic (exact) mass is 320 g/mol. The summed E-state index contributed by atoms with van der Waals surface area (Å²) in [6.07, 6.45) is 3.91. The topological polar surface area (TPSA) is 51.1 Å². The van der Waals surface area contributed by atoms with Crippen LogP contribution >= 0.6 is 0 Å². The van der Waals surface area contributed by atoms with Crippen molar-refractivity contribution in [1.82, 2.24) is 15.0 Å². The molecule has 3 aromatic rings. The van der Waals surface area contributed by atoms with Gasteiger partial charge in [-0.05, 0) is 38.1 Å².